The van der Waals surface area contributed by atoms with Gasteiger partial charge in [-0.05, 0) is 73.2 Å². The van der Waals surface area contributed by atoms with Gasteiger partial charge in [0.1, 0.15) is 11.5 Å². The van der Waals surface area contributed by atoms with Crippen molar-refractivity contribution in [3.63, 3.8) is 0 Å². The van der Waals surface area contributed by atoms with Crippen LogP contribution in [0.1, 0.15) is 61.4 Å². The Kier molecular flexibility index (Phi) is 5.94. The molecule has 1 atom stereocenters. The zero-order valence-corrected chi connectivity index (χ0v) is 20.9. The van der Waals surface area contributed by atoms with Gasteiger partial charge in [-0.3, -0.25) is 0 Å². The first-order chi connectivity index (χ1) is 19.0. The third-order valence-corrected chi connectivity index (χ3v) is 7.71. The zero-order valence-electron chi connectivity index (χ0n) is 20.9. The fraction of sp³-hybridized carbons (Fsp3) is 0.152. The van der Waals surface area contributed by atoms with Crippen LogP contribution in [0.4, 0.5) is 5.69 Å². The molecule has 6 rings (SSSR count). The van der Waals surface area contributed by atoms with Gasteiger partial charge in [-0.1, -0.05) is 48.5 Å². The lowest BCUT2D eigenvalue weighted by Gasteiger charge is -2.29. The van der Waals surface area contributed by atoms with E-state index in [-0.39, 0.29) is 0 Å². The van der Waals surface area contributed by atoms with Crippen LogP contribution >= 0.6 is 0 Å². The van der Waals surface area contributed by atoms with Crippen molar-refractivity contribution in [3.8, 4) is 17.6 Å². The van der Waals surface area contributed by atoms with Crippen LogP contribution in [0.3, 0.4) is 0 Å². The fourth-order valence-electron chi connectivity index (χ4n) is 5.94. The van der Waals surface area contributed by atoms with Crippen molar-refractivity contribution in [1.82, 2.24) is 0 Å². The van der Waals surface area contributed by atoms with E-state index in [1.807, 2.05) is 24.3 Å². The molecule has 2 aliphatic carbocycles. The summed E-state index contributed by atoms with van der Waals surface area (Å²) in [6.07, 6.45) is 3.26. The maximum absolute atomic E-state index is 13.1. The van der Waals surface area contributed by atoms with E-state index in [9.17, 15) is 9.59 Å². The molecule has 39 heavy (non-hydrogen) atoms. The standard InChI is InChI=1S/C33H22N2O4/c1-35-26-14-12-25(13-15-26)32(37)39-28-7-3-5-23-17-19-33(30(23)28)18-16-22-4-2-6-27(29(22)33)38-31(36)24-10-8-21(20-34)9-11-24/h2-15H,16-19H2. The van der Waals surface area contributed by atoms with Gasteiger partial charge in [0.25, 0.3) is 0 Å². The van der Waals surface area contributed by atoms with E-state index in [0.29, 0.717) is 33.9 Å². The molecule has 0 fully saturated rings. The van der Waals surface area contributed by atoms with Crippen LogP contribution in [0.5, 0.6) is 11.5 Å². The fourth-order valence-corrected chi connectivity index (χ4v) is 5.94. The molecule has 1 unspecified atom stereocenters. The Morgan fingerprint density at radius 1 is 0.744 bits per heavy atom. The van der Waals surface area contributed by atoms with E-state index in [4.69, 9.17) is 21.3 Å². The Morgan fingerprint density at radius 2 is 1.23 bits per heavy atom. The van der Waals surface area contributed by atoms with Crippen molar-refractivity contribution >= 4 is 17.6 Å². The highest BCUT2D eigenvalue weighted by Crippen LogP contribution is 2.57. The predicted molar refractivity (Wildman–Crippen MR) is 144 cm³/mol. The Bertz CT molecular complexity index is 1580. The molecule has 188 valence electrons. The highest BCUT2D eigenvalue weighted by Gasteiger charge is 2.49. The molecule has 1 spiro atoms. The molecule has 4 aromatic carbocycles. The van der Waals surface area contributed by atoms with Crippen LogP contribution in [0.25, 0.3) is 4.85 Å². The number of ether oxygens (including phenoxy) is 2. The quantitative estimate of drug-likeness (QED) is 0.173. The maximum Gasteiger partial charge on any atom is 0.343 e. The Morgan fingerprint density at radius 3 is 1.69 bits per heavy atom. The lowest BCUT2D eigenvalue weighted by molar-refractivity contribution is 0.0725. The molecule has 6 nitrogen and oxygen atoms in total. The average Bonchev–Trinajstić information content (AvgIpc) is 3.55. The first kappa shape index (κ1) is 24.2. The summed E-state index contributed by atoms with van der Waals surface area (Å²) in [5.41, 5.74) is 5.38. The number of benzene rings is 4. The second kappa shape index (κ2) is 9.59. The molecule has 0 saturated carbocycles. The highest BCUT2D eigenvalue weighted by atomic mass is 16.5. The van der Waals surface area contributed by atoms with Crippen LogP contribution in [0, 0.1) is 17.9 Å². The number of nitrogens with zero attached hydrogens (tertiary/aromatic N) is 2. The second-order valence-corrected chi connectivity index (χ2v) is 9.79. The first-order valence-corrected chi connectivity index (χ1v) is 12.7. The summed E-state index contributed by atoms with van der Waals surface area (Å²) in [6, 6.07) is 26.4. The minimum absolute atomic E-state index is 0.365. The number of esters is 2. The van der Waals surface area contributed by atoms with Crippen molar-refractivity contribution in [1.29, 1.82) is 5.26 Å². The van der Waals surface area contributed by atoms with Crippen molar-refractivity contribution in [2.24, 2.45) is 0 Å². The molecule has 6 heteroatoms. The molecule has 0 aliphatic heterocycles. The minimum Gasteiger partial charge on any atom is -0.423 e. The normalized spacial score (nSPS) is 16.6. The molecule has 4 aromatic rings. The number of nitriles is 1. The van der Waals surface area contributed by atoms with Gasteiger partial charge in [-0.25, -0.2) is 14.4 Å². The number of fused-ring (bicyclic) bond motifs is 4. The van der Waals surface area contributed by atoms with Gasteiger partial charge in [0, 0.05) is 16.5 Å². The van der Waals surface area contributed by atoms with Gasteiger partial charge < -0.3 is 9.47 Å². The predicted octanol–water partition coefficient (Wildman–Crippen LogP) is 6.73. The molecule has 0 amide bonds. The Hall–Kier alpha value is -5.20. The summed E-state index contributed by atoms with van der Waals surface area (Å²) in [5.74, 6) is 0.0323. The van der Waals surface area contributed by atoms with E-state index in [0.717, 1.165) is 47.9 Å². The van der Waals surface area contributed by atoms with E-state index in [2.05, 4.69) is 23.0 Å². The molecular formula is C33H22N2O4. The van der Waals surface area contributed by atoms with Crippen LogP contribution < -0.4 is 9.47 Å². The van der Waals surface area contributed by atoms with Gasteiger partial charge in [-0.15, -0.1) is 0 Å². The molecule has 0 bridgehead atoms. The van der Waals surface area contributed by atoms with Crippen molar-refractivity contribution in [2.75, 3.05) is 0 Å². The van der Waals surface area contributed by atoms with Gasteiger partial charge in [0.15, 0.2) is 5.69 Å². The topological polar surface area (TPSA) is 80.8 Å². The monoisotopic (exact) mass is 510 g/mol. The Balaban J connectivity index is 1.37. The third-order valence-electron chi connectivity index (χ3n) is 7.71. The summed E-state index contributed by atoms with van der Waals surface area (Å²) in [7, 11) is 0. The summed E-state index contributed by atoms with van der Waals surface area (Å²) in [4.78, 5) is 29.5. The molecule has 0 N–H and O–H groups in total. The van der Waals surface area contributed by atoms with Crippen LogP contribution in [0.15, 0.2) is 84.9 Å². The number of carbonyl (C=O) groups is 2. The lowest BCUT2D eigenvalue weighted by Crippen LogP contribution is -2.24. The van der Waals surface area contributed by atoms with Crippen LogP contribution in [-0.4, -0.2) is 11.9 Å². The smallest absolute Gasteiger partial charge is 0.343 e. The summed E-state index contributed by atoms with van der Waals surface area (Å²) < 4.78 is 12.0. The summed E-state index contributed by atoms with van der Waals surface area (Å²) >= 11 is 0. The molecule has 2 aliphatic rings. The van der Waals surface area contributed by atoms with Crippen LogP contribution in [-0.2, 0) is 18.3 Å². The molecular weight excluding hydrogens is 488 g/mol. The number of carbonyl (C=O) groups excluding carboxylic acids is 2. The van der Waals surface area contributed by atoms with Crippen molar-refractivity contribution in [3.05, 3.63) is 135 Å². The first-order valence-electron chi connectivity index (χ1n) is 12.7. The Labute approximate surface area is 225 Å². The molecule has 0 radical (unpaired) electrons. The third kappa shape index (κ3) is 4.13. The highest BCUT2D eigenvalue weighted by molar-refractivity contribution is 5.92. The van der Waals surface area contributed by atoms with Gasteiger partial charge in [-0.2, -0.15) is 5.26 Å². The SMILES string of the molecule is [C-]#[N+]c1ccc(C(=O)Oc2cccc3c2C2(CCc4cccc(OC(=O)c5ccc(C#N)cc5)c42)CC3)cc1. The number of rotatable bonds is 4. The number of hydrogen-bond donors (Lipinski definition) is 0. The van der Waals surface area contributed by atoms with E-state index < -0.39 is 17.4 Å². The van der Waals surface area contributed by atoms with Crippen molar-refractivity contribution < 1.29 is 19.1 Å². The lowest BCUT2D eigenvalue weighted by atomic mass is 9.76. The van der Waals surface area contributed by atoms with E-state index >= 15 is 0 Å². The summed E-state index contributed by atoms with van der Waals surface area (Å²) in [6.45, 7) is 7.13. The average molecular weight is 511 g/mol. The maximum atomic E-state index is 13.1. The van der Waals surface area contributed by atoms with Crippen molar-refractivity contribution in [2.45, 2.75) is 31.1 Å². The van der Waals surface area contributed by atoms with Crippen LogP contribution in [0.2, 0.25) is 0 Å². The molecule has 0 heterocycles. The number of aryl methyl sites for hydroxylation is 2. The van der Waals surface area contributed by atoms with E-state index in [1.165, 1.54) is 0 Å². The van der Waals surface area contributed by atoms with Gasteiger partial charge in [0.05, 0.1) is 29.3 Å². The van der Waals surface area contributed by atoms with E-state index in [1.54, 1.807) is 48.5 Å². The molecule has 0 aromatic heterocycles. The number of hydrogen-bond acceptors (Lipinski definition) is 5. The van der Waals surface area contributed by atoms with Gasteiger partial charge in [0.2, 0.25) is 0 Å². The molecule has 0 saturated heterocycles. The minimum atomic E-state index is -0.490. The summed E-state index contributed by atoms with van der Waals surface area (Å²) in [5, 5.41) is 9.06. The second-order valence-electron chi connectivity index (χ2n) is 9.79. The zero-order chi connectivity index (χ0) is 27.0. The van der Waals surface area contributed by atoms with Gasteiger partial charge >= 0.3 is 11.9 Å². The largest absolute Gasteiger partial charge is 0.423 e.